The van der Waals surface area contributed by atoms with Crippen molar-refractivity contribution in [2.45, 2.75) is 27.2 Å². The minimum atomic E-state index is -0.541. The van der Waals surface area contributed by atoms with E-state index in [2.05, 4.69) is 26.1 Å². The summed E-state index contributed by atoms with van der Waals surface area (Å²) in [5, 5.41) is 3.61. The van der Waals surface area contributed by atoms with Crippen molar-refractivity contribution in [3.8, 4) is 0 Å². The van der Waals surface area contributed by atoms with Gasteiger partial charge in [-0.05, 0) is 24.0 Å². The number of carbonyl (C=O) groups is 1. The van der Waals surface area contributed by atoms with Crippen LogP contribution < -0.4 is 16.8 Å². The number of carbonyl (C=O) groups excluding carboxylic acids is 1. The Hall–Kier alpha value is -1.42. The fraction of sp³-hybridized carbons (Fsp3) is 0.462. The number of rotatable bonds is 5. The number of halogens is 1. The molecule has 1 aromatic carbocycles. The second-order valence-corrected chi connectivity index (χ2v) is 5.57. The normalized spacial score (nSPS) is 11.3. The van der Waals surface area contributed by atoms with Gasteiger partial charge in [-0.25, -0.2) is 0 Å². The smallest absolute Gasteiger partial charge is 0.250 e. The molecule has 5 N–H and O–H groups in total. The summed E-state index contributed by atoms with van der Waals surface area (Å²) < 4.78 is 0. The standard InChI is InChI=1S/C13H20ClN3O/c1-4-13(2,3)7-17-11-9(12(16)18)5-8(15)6-10(11)14/h5-6,17H,4,7,15H2,1-3H3,(H2,16,18). The molecule has 0 bridgehead atoms. The summed E-state index contributed by atoms with van der Waals surface area (Å²) in [6.07, 6.45) is 1.01. The molecule has 100 valence electrons. The molecule has 0 radical (unpaired) electrons. The predicted octanol–water partition coefficient (Wildman–Crippen LogP) is 2.87. The van der Waals surface area contributed by atoms with Gasteiger partial charge in [-0.3, -0.25) is 4.79 Å². The largest absolute Gasteiger partial charge is 0.399 e. The minimum Gasteiger partial charge on any atom is -0.399 e. The molecule has 0 heterocycles. The predicted molar refractivity (Wildman–Crippen MR) is 76.9 cm³/mol. The van der Waals surface area contributed by atoms with E-state index in [0.717, 1.165) is 6.42 Å². The Labute approximate surface area is 113 Å². The van der Waals surface area contributed by atoms with Crippen LogP contribution in [0.1, 0.15) is 37.6 Å². The summed E-state index contributed by atoms with van der Waals surface area (Å²) >= 11 is 6.10. The third-order valence-corrected chi connectivity index (χ3v) is 3.38. The number of benzene rings is 1. The van der Waals surface area contributed by atoms with Crippen LogP contribution in [0, 0.1) is 5.41 Å². The zero-order chi connectivity index (χ0) is 13.9. The Morgan fingerprint density at radius 1 is 1.44 bits per heavy atom. The summed E-state index contributed by atoms with van der Waals surface area (Å²) in [6, 6.07) is 3.14. The minimum absolute atomic E-state index is 0.111. The molecule has 0 spiro atoms. The Kier molecular flexibility index (Phi) is 4.46. The first-order valence-electron chi connectivity index (χ1n) is 5.89. The molecule has 0 saturated carbocycles. The van der Waals surface area contributed by atoms with Gasteiger partial charge < -0.3 is 16.8 Å². The molecule has 5 heteroatoms. The van der Waals surface area contributed by atoms with Gasteiger partial charge in [0.1, 0.15) is 0 Å². The van der Waals surface area contributed by atoms with Crippen LogP contribution in [0.2, 0.25) is 5.02 Å². The quantitative estimate of drug-likeness (QED) is 0.719. The van der Waals surface area contributed by atoms with Crippen molar-refractivity contribution in [1.29, 1.82) is 0 Å². The van der Waals surface area contributed by atoms with Crippen molar-refractivity contribution in [2.75, 3.05) is 17.6 Å². The highest BCUT2D eigenvalue weighted by molar-refractivity contribution is 6.34. The van der Waals surface area contributed by atoms with Gasteiger partial charge in [-0.15, -0.1) is 0 Å². The van der Waals surface area contributed by atoms with Crippen LogP contribution in [-0.4, -0.2) is 12.5 Å². The first-order chi connectivity index (χ1) is 8.26. The van der Waals surface area contributed by atoms with Gasteiger partial charge in [0.05, 0.1) is 16.3 Å². The molecule has 4 nitrogen and oxygen atoms in total. The number of hydrogen-bond acceptors (Lipinski definition) is 3. The van der Waals surface area contributed by atoms with Crippen LogP contribution >= 0.6 is 11.6 Å². The van der Waals surface area contributed by atoms with Crippen molar-refractivity contribution in [2.24, 2.45) is 11.1 Å². The van der Waals surface area contributed by atoms with Crippen molar-refractivity contribution in [3.63, 3.8) is 0 Å². The topological polar surface area (TPSA) is 81.1 Å². The maximum absolute atomic E-state index is 11.4. The lowest BCUT2D eigenvalue weighted by Gasteiger charge is -2.24. The second-order valence-electron chi connectivity index (χ2n) is 5.16. The average molecular weight is 270 g/mol. The third-order valence-electron chi connectivity index (χ3n) is 3.08. The van der Waals surface area contributed by atoms with Gasteiger partial charge in [-0.1, -0.05) is 32.4 Å². The van der Waals surface area contributed by atoms with Gasteiger partial charge in [-0.2, -0.15) is 0 Å². The molecule has 0 aliphatic carbocycles. The average Bonchev–Trinajstić information content (AvgIpc) is 2.26. The Morgan fingerprint density at radius 3 is 2.56 bits per heavy atom. The number of anilines is 2. The van der Waals surface area contributed by atoms with Crippen LogP contribution in [0.25, 0.3) is 0 Å². The van der Waals surface area contributed by atoms with Crippen LogP contribution in [0.4, 0.5) is 11.4 Å². The summed E-state index contributed by atoms with van der Waals surface area (Å²) in [5.41, 5.74) is 12.4. The monoisotopic (exact) mass is 269 g/mol. The molecule has 0 fully saturated rings. The van der Waals surface area contributed by atoms with E-state index in [0.29, 0.717) is 28.5 Å². The molecule has 18 heavy (non-hydrogen) atoms. The fourth-order valence-electron chi connectivity index (χ4n) is 1.45. The molecule has 0 aliphatic rings. The number of nitrogens with one attached hydrogen (secondary N) is 1. The van der Waals surface area contributed by atoms with E-state index in [1.807, 2.05) is 0 Å². The van der Waals surface area contributed by atoms with E-state index < -0.39 is 5.91 Å². The molecule has 0 saturated heterocycles. The first kappa shape index (κ1) is 14.6. The SMILES string of the molecule is CCC(C)(C)CNc1c(Cl)cc(N)cc1C(N)=O. The van der Waals surface area contributed by atoms with Crippen LogP contribution in [-0.2, 0) is 0 Å². The van der Waals surface area contributed by atoms with Crippen molar-refractivity contribution < 1.29 is 4.79 Å². The number of hydrogen-bond donors (Lipinski definition) is 3. The van der Waals surface area contributed by atoms with Crippen molar-refractivity contribution in [1.82, 2.24) is 0 Å². The molecule has 1 amide bonds. The summed E-state index contributed by atoms with van der Waals surface area (Å²) in [6.45, 7) is 7.08. The maximum Gasteiger partial charge on any atom is 0.250 e. The van der Waals surface area contributed by atoms with Gasteiger partial charge >= 0.3 is 0 Å². The van der Waals surface area contributed by atoms with Crippen LogP contribution in [0.5, 0.6) is 0 Å². The molecule has 0 unspecified atom stereocenters. The van der Waals surface area contributed by atoms with Crippen molar-refractivity contribution >= 4 is 28.9 Å². The molecule has 1 rings (SSSR count). The van der Waals surface area contributed by atoms with Crippen LogP contribution in [0.15, 0.2) is 12.1 Å². The van der Waals surface area contributed by atoms with E-state index in [4.69, 9.17) is 23.1 Å². The summed E-state index contributed by atoms with van der Waals surface area (Å²) in [7, 11) is 0. The first-order valence-corrected chi connectivity index (χ1v) is 6.27. The number of nitrogens with two attached hydrogens (primary N) is 2. The maximum atomic E-state index is 11.4. The van der Waals surface area contributed by atoms with Crippen molar-refractivity contribution in [3.05, 3.63) is 22.7 Å². The van der Waals surface area contributed by atoms with E-state index in [9.17, 15) is 4.79 Å². The number of nitrogen functional groups attached to an aromatic ring is 1. The third kappa shape index (κ3) is 3.53. The Bertz CT molecular complexity index is 458. The number of amides is 1. The highest BCUT2D eigenvalue weighted by Gasteiger charge is 2.18. The van der Waals surface area contributed by atoms with E-state index in [1.165, 1.54) is 6.07 Å². The number of primary amides is 1. The van der Waals surface area contributed by atoms with E-state index in [1.54, 1.807) is 6.07 Å². The lowest BCUT2D eigenvalue weighted by Crippen LogP contribution is -2.24. The van der Waals surface area contributed by atoms with Gasteiger partial charge in [0, 0.05) is 12.2 Å². The molecule has 0 atom stereocenters. The zero-order valence-electron chi connectivity index (χ0n) is 11.0. The van der Waals surface area contributed by atoms with Gasteiger partial charge in [0.2, 0.25) is 0 Å². The lowest BCUT2D eigenvalue weighted by atomic mass is 9.90. The van der Waals surface area contributed by atoms with Gasteiger partial charge in [0.15, 0.2) is 0 Å². The van der Waals surface area contributed by atoms with E-state index >= 15 is 0 Å². The molecule has 0 aromatic heterocycles. The lowest BCUT2D eigenvalue weighted by molar-refractivity contribution is 0.100. The zero-order valence-corrected chi connectivity index (χ0v) is 11.8. The highest BCUT2D eigenvalue weighted by atomic mass is 35.5. The summed E-state index contributed by atoms with van der Waals surface area (Å²) in [5.74, 6) is -0.541. The molecule has 0 aliphatic heterocycles. The summed E-state index contributed by atoms with van der Waals surface area (Å²) in [4.78, 5) is 11.4. The Morgan fingerprint density at radius 2 is 2.06 bits per heavy atom. The van der Waals surface area contributed by atoms with Crippen LogP contribution in [0.3, 0.4) is 0 Å². The molecular formula is C13H20ClN3O. The second kappa shape index (κ2) is 5.48. The molecule has 1 aromatic rings. The van der Waals surface area contributed by atoms with E-state index in [-0.39, 0.29) is 5.41 Å². The fourth-order valence-corrected chi connectivity index (χ4v) is 1.75. The molecular weight excluding hydrogens is 250 g/mol. The highest BCUT2D eigenvalue weighted by Crippen LogP contribution is 2.30. The van der Waals surface area contributed by atoms with Gasteiger partial charge in [0.25, 0.3) is 5.91 Å². The Balaban J connectivity index is 3.04.